The highest BCUT2D eigenvalue weighted by Gasteiger charge is 1.82. The summed E-state index contributed by atoms with van der Waals surface area (Å²) in [6, 6.07) is 10.3. The Morgan fingerprint density at radius 1 is 1.22 bits per heavy atom. The summed E-state index contributed by atoms with van der Waals surface area (Å²) in [5.41, 5.74) is 1.33. The standard InChI is InChI=1S/C9H10/c1-2-6-9-7-4-3-5-8-9/h2-5,7-8H,1,6H2/i9+1. The van der Waals surface area contributed by atoms with Gasteiger partial charge in [-0.05, 0) is 12.0 Å². The molecule has 0 N–H and O–H groups in total. The minimum Gasteiger partial charge on any atom is -0.103 e. The van der Waals surface area contributed by atoms with Gasteiger partial charge in [-0.25, -0.2) is 0 Å². The van der Waals surface area contributed by atoms with Crippen LogP contribution in [0.5, 0.6) is 0 Å². The third-order valence-corrected chi connectivity index (χ3v) is 1.22. The van der Waals surface area contributed by atoms with Crippen LogP contribution in [-0.4, -0.2) is 0 Å². The topological polar surface area (TPSA) is 0 Å². The van der Waals surface area contributed by atoms with Gasteiger partial charge in [0.25, 0.3) is 0 Å². The van der Waals surface area contributed by atoms with E-state index in [4.69, 9.17) is 0 Å². The molecule has 0 heterocycles. The van der Waals surface area contributed by atoms with E-state index in [0.29, 0.717) is 0 Å². The maximum Gasteiger partial charge on any atom is -0.0100 e. The van der Waals surface area contributed by atoms with Crippen molar-refractivity contribution in [3.8, 4) is 0 Å². The van der Waals surface area contributed by atoms with E-state index in [-0.39, 0.29) is 0 Å². The Labute approximate surface area is 55.8 Å². The minimum absolute atomic E-state index is 0.973. The predicted molar refractivity (Wildman–Crippen MR) is 40.3 cm³/mol. The van der Waals surface area contributed by atoms with E-state index in [9.17, 15) is 0 Å². The number of rotatable bonds is 2. The summed E-state index contributed by atoms with van der Waals surface area (Å²) in [5, 5.41) is 0. The smallest absolute Gasteiger partial charge is 0.0100 e. The molecule has 0 spiro atoms. The molecule has 0 heteroatoms. The maximum absolute atomic E-state index is 3.66. The van der Waals surface area contributed by atoms with E-state index in [1.54, 1.807) is 0 Å². The zero-order valence-electron chi connectivity index (χ0n) is 5.38. The van der Waals surface area contributed by atoms with Crippen molar-refractivity contribution in [2.45, 2.75) is 6.42 Å². The number of hydrogen-bond acceptors (Lipinski definition) is 0. The molecule has 1 aromatic carbocycles. The van der Waals surface area contributed by atoms with Gasteiger partial charge in [-0.15, -0.1) is 6.58 Å². The lowest BCUT2D eigenvalue weighted by molar-refractivity contribution is 1.28. The van der Waals surface area contributed by atoms with E-state index in [0.717, 1.165) is 6.42 Å². The Kier molecular flexibility index (Phi) is 2.08. The Balaban J connectivity index is 2.72. The predicted octanol–water partition coefficient (Wildman–Crippen LogP) is 2.42. The average molecular weight is 119 g/mol. The van der Waals surface area contributed by atoms with Gasteiger partial charge in [0.2, 0.25) is 0 Å². The monoisotopic (exact) mass is 119 g/mol. The van der Waals surface area contributed by atoms with Crippen LogP contribution < -0.4 is 0 Å². The minimum atomic E-state index is 0.973. The molecule has 0 nitrogen and oxygen atoms in total. The van der Waals surface area contributed by atoms with E-state index < -0.39 is 0 Å². The molecule has 0 aliphatic rings. The third-order valence-electron chi connectivity index (χ3n) is 1.22. The largest absolute Gasteiger partial charge is 0.103 e. The second-order valence-electron chi connectivity index (χ2n) is 1.98. The van der Waals surface area contributed by atoms with Gasteiger partial charge in [0.15, 0.2) is 0 Å². The van der Waals surface area contributed by atoms with Crippen LogP contribution in [0.4, 0.5) is 0 Å². The molecule has 0 amide bonds. The van der Waals surface area contributed by atoms with Crippen LogP contribution in [0.1, 0.15) is 5.56 Å². The van der Waals surface area contributed by atoms with Crippen LogP contribution >= 0.6 is 0 Å². The van der Waals surface area contributed by atoms with Gasteiger partial charge >= 0.3 is 0 Å². The molecule has 1 rings (SSSR count). The van der Waals surface area contributed by atoms with Crippen molar-refractivity contribution < 1.29 is 0 Å². The lowest BCUT2D eigenvalue weighted by Gasteiger charge is -1.91. The summed E-state index contributed by atoms with van der Waals surface area (Å²) in [7, 11) is 0. The zero-order valence-corrected chi connectivity index (χ0v) is 5.38. The summed E-state index contributed by atoms with van der Waals surface area (Å²) in [6.07, 6.45) is 2.89. The summed E-state index contributed by atoms with van der Waals surface area (Å²) in [6.45, 7) is 3.66. The molecule has 46 valence electrons. The molecule has 0 bridgehead atoms. The molecular weight excluding hydrogens is 109 g/mol. The molecule has 0 atom stereocenters. The Hall–Kier alpha value is -1.04. The van der Waals surface area contributed by atoms with Crippen molar-refractivity contribution in [2.75, 3.05) is 0 Å². The SMILES string of the molecule is C=CC[13c]1ccccc1. The first-order valence-corrected chi connectivity index (χ1v) is 3.08. The van der Waals surface area contributed by atoms with Crippen LogP contribution in [0, 0.1) is 0 Å². The second kappa shape index (κ2) is 3.08. The van der Waals surface area contributed by atoms with Crippen molar-refractivity contribution >= 4 is 0 Å². The van der Waals surface area contributed by atoms with Gasteiger partial charge < -0.3 is 0 Å². The Morgan fingerprint density at radius 2 is 1.89 bits per heavy atom. The molecule has 0 unspecified atom stereocenters. The van der Waals surface area contributed by atoms with Gasteiger partial charge in [0, 0.05) is 0 Å². The van der Waals surface area contributed by atoms with Crippen LogP contribution in [0.15, 0.2) is 43.0 Å². The first kappa shape index (κ1) is 6.09. The quantitative estimate of drug-likeness (QED) is 0.524. The summed E-state index contributed by atoms with van der Waals surface area (Å²) in [5.74, 6) is 0. The summed E-state index contributed by atoms with van der Waals surface area (Å²) >= 11 is 0. The van der Waals surface area contributed by atoms with Crippen molar-refractivity contribution in [3.05, 3.63) is 48.6 Å². The Bertz CT molecular complexity index is 174. The molecule has 0 saturated heterocycles. The molecule has 0 aliphatic heterocycles. The number of hydrogen-bond donors (Lipinski definition) is 0. The van der Waals surface area contributed by atoms with Crippen LogP contribution in [0.25, 0.3) is 0 Å². The molecule has 0 aromatic heterocycles. The lowest BCUT2D eigenvalue weighted by Crippen LogP contribution is -1.75. The second-order valence-corrected chi connectivity index (χ2v) is 1.98. The average Bonchev–Trinajstić information content (AvgIpc) is 1.91. The van der Waals surface area contributed by atoms with Crippen molar-refractivity contribution in [2.24, 2.45) is 0 Å². The van der Waals surface area contributed by atoms with Crippen molar-refractivity contribution in [3.63, 3.8) is 0 Å². The maximum atomic E-state index is 3.66. The van der Waals surface area contributed by atoms with E-state index in [1.165, 1.54) is 5.56 Å². The fourth-order valence-electron chi connectivity index (χ4n) is 0.781. The molecule has 1 aromatic rings. The van der Waals surface area contributed by atoms with Crippen molar-refractivity contribution in [1.82, 2.24) is 0 Å². The highest BCUT2D eigenvalue weighted by molar-refractivity contribution is 5.16. The van der Waals surface area contributed by atoms with Crippen molar-refractivity contribution in [1.29, 1.82) is 0 Å². The molecule has 0 aliphatic carbocycles. The highest BCUT2D eigenvalue weighted by Crippen LogP contribution is 1.98. The number of benzene rings is 1. The Morgan fingerprint density at radius 3 is 2.44 bits per heavy atom. The fourth-order valence-corrected chi connectivity index (χ4v) is 0.781. The molecule has 9 heavy (non-hydrogen) atoms. The van der Waals surface area contributed by atoms with Gasteiger partial charge in [-0.3, -0.25) is 0 Å². The lowest BCUT2D eigenvalue weighted by atomic mass is 10.4. The number of allylic oxidation sites excluding steroid dienone is 1. The van der Waals surface area contributed by atoms with Gasteiger partial charge in [0.05, 0.1) is 0 Å². The molecule has 0 radical (unpaired) electrons. The summed E-state index contributed by atoms with van der Waals surface area (Å²) in [4.78, 5) is 0. The zero-order chi connectivity index (χ0) is 6.53. The third kappa shape index (κ3) is 1.73. The van der Waals surface area contributed by atoms with Gasteiger partial charge in [0.1, 0.15) is 0 Å². The molecule has 0 fully saturated rings. The van der Waals surface area contributed by atoms with Gasteiger partial charge in [-0.2, -0.15) is 0 Å². The molecule has 0 saturated carbocycles. The van der Waals surface area contributed by atoms with Crippen LogP contribution in [0.2, 0.25) is 0 Å². The first-order valence-electron chi connectivity index (χ1n) is 3.08. The first-order chi connectivity index (χ1) is 4.43. The van der Waals surface area contributed by atoms with Gasteiger partial charge in [-0.1, -0.05) is 36.4 Å². The van der Waals surface area contributed by atoms with E-state index in [2.05, 4.69) is 18.7 Å². The normalized spacial score (nSPS) is 8.89. The van der Waals surface area contributed by atoms with Crippen LogP contribution in [-0.2, 0) is 6.42 Å². The fraction of sp³-hybridized carbons (Fsp3) is 0.111. The van der Waals surface area contributed by atoms with E-state index in [1.807, 2.05) is 24.3 Å². The summed E-state index contributed by atoms with van der Waals surface area (Å²) < 4.78 is 0. The molecular formula is C9H10. The van der Waals surface area contributed by atoms with E-state index >= 15 is 0 Å². The van der Waals surface area contributed by atoms with Crippen LogP contribution in [0.3, 0.4) is 0 Å². The highest BCUT2D eigenvalue weighted by atomic mass is 14.3.